The number of nitrogens with zero attached hydrogens (tertiary/aromatic N) is 1. The fourth-order valence-electron chi connectivity index (χ4n) is 2.25. The normalized spacial score (nSPS) is 10.7. The average Bonchev–Trinajstić information content (AvgIpc) is 3.01. The second kappa shape index (κ2) is 7.57. The number of aromatic nitrogens is 1. The van der Waals surface area contributed by atoms with Crippen LogP contribution in [0.3, 0.4) is 0 Å². The van der Waals surface area contributed by atoms with Gasteiger partial charge in [-0.25, -0.2) is 13.8 Å². The summed E-state index contributed by atoms with van der Waals surface area (Å²) in [6.45, 7) is 0. The molecular weight excluding hydrogens is 394 g/mol. The van der Waals surface area contributed by atoms with Crippen LogP contribution in [-0.4, -0.2) is 10.9 Å². The van der Waals surface area contributed by atoms with Crippen molar-refractivity contribution in [1.29, 1.82) is 0 Å². The van der Waals surface area contributed by atoms with Crippen molar-refractivity contribution in [3.8, 4) is 11.3 Å². The van der Waals surface area contributed by atoms with Gasteiger partial charge >= 0.3 is 0 Å². The number of amides is 1. The standard InChI is InChI=1S/C18H13BrF2N2O2/c19-11-2-1-3-13(8-11)23-17(24)6-7-18-22-10-16(25-18)14-5-4-12(20)9-15(14)21/h1-5,8-10H,6-7H2,(H,23,24). The van der Waals surface area contributed by atoms with Crippen LogP contribution in [0.5, 0.6) is 0 Å². The highest BCUT2D eigenvalue weighted by Crippen LogP contribution is 2.24. The lowest BCUT2D eigenvalue weighted by Gasteiger charge is -2.04. The summed E-state index contributed by atoms with van der Waals surface area (Å²) in [4.78, 5) is 16.0. The molecule has 3 rings (SSSR count). The van der Waals surface area contributed by atoms with E-state index in [1.54, 1.807) is 12.1 Å². The highest BCUT2D eigenvalue weighted by molar-refractivity contribution is 9.10. The van der Waals surface area contributed by atoms with Crippen molar-refractivity contribution >= 4 is 27.5 Å². The molecule has 0 aliphatic carbocycles. The van der Waals surface area contributed by atoms with Gasteiger partial charge < -0.3 is 9.73 Å². The molecule has 1 N–H and O–H groups in total. The van der Waals surface area contributed by atoms with Crippen LogP contribution < -0.4 is 5.32 Å². The molecule has 0 unspecified atom stereocenters. The molecule has 7 heteroatoms. The summed E-state index contributed by atoms with van der Waals surface area (Å²) in [6.07, 6.45) is 1.79. The Morgan fingerprint density at radius 1 is 1.20 bits per heavy atom. The predicted molar refractivity (Wildman–Crippen MR) is 92.9 cm³/mol. The van der Waals surface area contributed by atoms with Gasteiger partial charge in [0.1, 0.15) is 11.6 Å². The number of anilines is 1. The summed E-state index contributed by atoms with van der Waals surface area (Å²) in [7, 11) is 0. The van der Waals surface area contributed by atoms with Gasteiger partial charge in [0.15, 0.2) is 11.7 Å². The number of hydrogen-bond acceptors (Lipinski definition) is 3. The molecular formula is C18H13BrF2N2O2. The molecule has 0 radical (unpaired) electrons. The lowest BCUT2D eigenvalue weighted by Crippen LogP contribution is -2.12. The van der Waals surface area contributed by atoms with Crippen LogP contribution in [0.4, 0.5) is 14.5 Å². The summed E-state index contributed by atoms with van der Waals surface area (Å²) in [5.41, 5.74) is 0.805. The number of rotatable bonds is 5. The minimum absolute atomic E-state index is 0.124. The number of benzene rings is 2. The van der Waals surface area contributed by atoms with E-state index in [4.69, 9.17) is 4.42 Å². The number of nitrogens with one attached hydrogen (secondary N) is 1. The van der Waals surface area contributed by atoms with E-state index in [0.717, 1.165) is 16.6 Å². The van der Waals surface area contributed by atoms with Crippen LogP contribution in [-0.2, 0) is 11.2 Å². The first-order valence-electron chi connectivity index (χ1n) is 7.47. The zero-order chi connectivity index (χ0) is 17.8. The minimum Gasteiger partial charge on any atom is -0.441 e. The molecule has 3 aromatic rings. The predicted octanol–water partition coefficient (Wildman–Crippen LogP) is 4.95. The Kier molecular flexibility index (Phi) is 5.23. The first-order chi connectivity index (χ1) is 12.0. The highest BCUT2D eigenvalue weighted by atomic mass is 79.9. The number of oxazole rings is 1. The maximum Gasteiger partial charge on any atom is 0.224 e. The Morgan fingerprint density at radius 2 is 2.04 bits per heavy atom. The Labute approximate surface area is 151 Å². The molecule has 0 atom stereocenters. The van der Waals surface area contributed by atoms with Gasteiger partial charge in [-0.1, -0.05) is 22.0 Å². The molecule has 128 valence electrons. The number of carbonyl (C=O) groups excluding carboxylic acids is 1. The monoisotopic (exact) mass is 406 g/mol. The summed E-state index contributed by atoms with van der Waals surface area (Å²) in [6, 6.07) is 10.5. The van der Waals surface area contributed by atoms with Gasteiger partial charge in [0.25, 0.3) is 0 Å². The second-order valence-electron chi connectivity index (χ2n) is 5.30. The molecule has 1 heterocycles. The molecule has 0 aliphatic heterocycles. The van der Waals surface area contributed by atoms with Crippen molar-refractivity contribution in [2.75, 3.05) is 5.32 Å². The fraction of sp³-hybridized carbons (Fsp3) is 0.111. The van der Waals surface area contributed by atoms with Crippen LogP contribution in [0.25, 0.3) is 11.3 Å². The van der Waals surface area contributed by atoms with Gasteiger partial charge in [0, 0.05) is 29.1 Å². The van der Waals surface area contributed by atoms with Gasteiger partial charge in [-0.3, -0.25) is 4.79 Å². The van der Waals surface area contributed by atoms with E-state index < -0.39 is 11.6 Å². The largest absolute Gasteiger partial charge is 0.441 e. The molecule has 0 saturated heterocycles. The molecule has 0 saturated carbocycles. The van der Waals surface area contributed by atoms with Gasteiger partial charge in [0.2, 0.25) is 5.91 Å². The summed E-state index contributed by atoms with van der Waals surface area (Å²) in [5.74, 6) is -1.07. The molecule has 0 bridgehead atoms. The SMILES string of the molecule is O=C(CCc1ncc(-c2ccc(F)cc2F)o1)Nc1cccc(Br)c1. The van der Waals surface area contributed by atoms with Crippen LogP contribution in [0.1, 0.15) is 12.3 Å². The number of halogens is 3. The van der Waals surface area contributed by atoms with Crippen LogP contribution in [0.2, 0.25) is 0 Å². The third-order valence-corrected chi connectivity index (χ3v) is 3.92. The van der Waals surface area contributed by atoms with E-state index in [2.05, 4.69) is 26.2 Å². The molecule has 0 spiro atoms. The van der Waals surface area contributed by atoms with Crippen LogP contribution in [0.15, 0.2) is 57.6 Å². The van der Waals surface area contributed by atoms with Crippen LogP contribution >= 0.6 is 15.9 Å². The lowest BCUT2D eigenvalue weighted by molar-refractivity contribution is -0.116. The second-order valence-corrected chi connectivity index (χ2v) is 6.22. The van der Waals surface area contributed by atoms with Gasteiger partial charge in [-0.05, 0) is 30.3 Å². The van der Waals surface area contributed by atoms with E-state index in [0.29, 0.717) is 11.6 Å². The third-order valence-electron chi connectivity index (χ3n) is 3.42. The molecule has 1 aromatic heterocycles. The quantitative estimate of drug-likeness (QED) is 0.651. The van der Waals surface area contributed by atoms with Crippen molar-refractivity contribution in [2.45, 2.75) is 12.8 Å². The molecule has 1 amide bonds. The maximum absolute atomic E-state index is 13.7. The minimum atomic E-state index is -0.727. The highest BCUT2D eigenvalue weighted by Gasteiger charge is 2.13. The number of carbonyl (C=O) groups is 1. The van der Waals surface area contributed by atoms with Crippen molar-refractivity contribution in [3.63, 3.8) is 0 Å². The number of hydrogen-bond donors (Lipinski definition) is 1. The lowest BCUT2D eigenvalue weighted by atomic mass is 10.2. The smallest absolute Gasteiger partial charge is 0.224 e. The zero-order valence-corrected chi connectivity index (χ0v) is 14.5. The Balaban J connectivity index is 1.61. The van der Waals surface area contributed by atoms with Gasteiger partial charge in [0.05, 0.1) is 11.8 Å². The van der Waals surface area contributed by atoms with Crippen molar-refractivity contribution in [2.24, 2.45) is 0 Å². The molecule has 0 fully saturated rings. The summed E-state index contributed by atoms with van der Waals surface area (Å²) in [5, 5.41) is 2.77. The van der Waals surface area contributed by atoms with Crippen LogP contribution in [0, 0.1) is 11.6 Å². The van der Waals surface area contributed by atoms with E-state index in [9.17, 15) is 13.6 Å². The molecule has 25 heavy (non-hydrogen) atoms. The van der Waals surface area contributed by atoms with E-state index >= 15 is 0 Å². The van der Waals surface area contributed by atoms with E-state index in [-0.39, 0.29) is 30.1 Å². The van der Waals surface area contributed by atoms with Crippen molar-refractivity contribution in [1.82, 2.24) is 4.98 Å². The Hall–Kier alpha value is -2.54. The first kappa shape index (κ1) is 17.3. The maximum atomic E-state index is 13.7. The van der Waals surface area contributed by atoms with E-state index in [1.165, 1.54) is 12.3 Å². The number of aryl methyl sites for hydroxylation is 1. The van der Waals surface area contributed by atoms with Gasteiger partial charge in [-0.15, -0.1) is 0 Å². The average molecular weight is 407 g/mol. The van der Waals surface area contributed by atoms with Crippen molar-refractivity contribution in [3.05, 3.63) is 70.7 Å². The van der Waals surface area contributed by atoms with Gasteiger partial charge in [-0.2, -0.15) is 0 Å². The Morgan fingerprint density at radius 3 is 2.80 bits per heavy atom. The fourth-order valence-corrected chi connectivity index (χ4v) is 2.65. The van der Waals surface area contributed by atoms with E-state index in [1.807, 2.05) is 12.1 Å². The Bertz CT molecular complexity index is 912. The zero-order valence-electron chi connectivity index (χ0n) is 12.9. The summed E-state index contributed by atoms with van der Waals surface area (Å²) >= 11 is 3.33. The molecule has 4 nitrogen and oxygen atoms in total. The summed E-state index contributed by atoms with van der Waals surface area (Å²) < 4.78 is 33.0. The molecule has 2 aromatic carbocycles. The molecule has 0 aliphatic rings. The third kappa shape index (κ3) is 4.51. The first-order valence-corrected chi connectivity index (χ1v) is 8.26. The van der Waals surface area contributed by atoms with Crippen molar-refractivity contribution < 1.29 is 18.0 Å². The topological polar surface area (TPSA) is 55.1 Å².